The standard InChI is InChI=1S/C20H27N3O2/c1-14(2)15(3)22-20(24)17-10-12-25-19(17)18-9-11-21-23(18)13-16-7-5-4-6-8-16/h4-9,11,14-15,17,19H,10,12-13H2,1-3H3,(H,22,24)/t15?,17-,19-/m0/s1. The maximum atomic E-state index is 12.7. The van der Waals surface area contributed by atoms with E-state index in [2.05, 4.69) is 36.4 Å². The zero-order chi connectivity index (χ0) is 17.8. The molecule has 1 aromatic heterocycles. The van der Waals surface area contributed by atoms with Gasteiger partial charge in [0, 0.05) is 18.8 Å². The molecule has 5 heteroatoms. The molecule has 2 aromatic rings. The number of nitrogens with zero attached hydrogens (tertiary/aromatic N) is 2. The Labute approximate surface area is 149 Å². The summed E-state index contributed by atoms with van der Waals surface area (Å²) in [5.41, 5.74) is 2.15. The van der Waals surface area contributed by atoms with Crippen LogP contribution in [0.5, 0.6) is 0 Å². The number of amides is 1. The Morgan fingerprint density at radius 1 is 1.28 bits per heavy atom. The molecule has 1 N–H and O–H groups in total. The minimum Gasteiger partial charge on any atom is -0.371 e. The average molecular weight is 341 g/mol. The lowest BCUT2D eigenvalue weighted by atomic mass is 9.96. The van der Waals surface area contributed by atoms with Gasteiger partial charge in [-0.2, -0.15) is 5.10 Å². The summed E-state index contributed by atoms with van der Waals surface area (Å²) in [6.07, 6.45) is 2.30. The summed E-state index contributed by atoms with van der Waals surface area (Å²) in [6.45, 7) is 7.56. The predicted octanol–water partition coefficient (Wildman–Crippen LogP) is 3.17. The Morgan fingerprint density at radius 3 is 2.76 bits per heavy atom. The highest BCUT2D eigenvalue weighted by atomic mass is 16.5. The van der Waals surface area contributed by atoms with E-state index < -0.39 is 0 Å². The highest BCUT2D eigenvalue weighted by molar-refractivity contribution is 5.80. The highest BCUT2D eigenvalue weighted by Crippen LogP contribution is 2.35. The normalized spacial score (nSPS) is 21.4. The Bertz CT molecular complexity index is 696. The number of ether oxygens (including phenoxy) is 1. The maximum absolute atomic E-state index is 12.7. The molecule has 1 amide bonds. The van der Waals surface area contributed by atoms with Crippen LogP contribution in [0.4, 0.5) is 0 Å². The third-order valence-electron chi connectivity index (χ3n) is 5.01. The van der Waals surface area contributed by atoms with E-state index in [9.17, 15) is 4.79 Å². The lowest BCUT2D eigenvalue weighted by molar-refractivity contribution is -0.127. The zero-order valence-electron chi connectivity index (χ0n) is 15.2. The molecule has 1 fully saturated rings. The Balaban J connectivity index is 1.75. The highest BCUT2D eigenvalue weighted by Gasteiger charge is 2.37. The van der Waals surface area contributed by atoms with E-state index in [-0.39, 0.29) is 24.0 Å². The second-order valence-corrected chi connectivity index (χ2v) is 7.13. The van der Waals surface area contributed by atoms with E-state index in [1.807, 2.05) is 35.9 Å². The molecule has 25 heavy (non-hydrogen) atoms. The Morgan fingerprint density at radius 2 is 2.04 bits per heavy atom. The van der Waals surface area contributed by atoms with Gasteiger partial charge in [0.05, 0.1) is 18.2 Å². The molecule has 0 aliphatic carbocycles. The van der Waals surface area contributed by atoms with Crippen LogP contribution < -0.4 is 5.32 Å². The molecule has 0 saturated carbocycles. The molecule has 3 rings (SSSR count). The van der Waals surface area contributed by atoms with Crippen molar-refractivity contribution in [2.45, 2.75) is 45.9 Å². The van der Waals surface area contributed by atoms with Crippen LogP contribution in [-0.2, 0) is 16.1 Å². The maximum Gasteiger partial charge on any atom is 0.226 e. The van der Waals surface area contributed by atoms with Crippen molar-refractivity contribution in [3.8, 4) is 0 Å². The van der Waals surface area contributed by atoms with Crippen LogP contribution in [0.1, 0.15) is 44.6 Å². The number of aromatic nitrogens is 2. The lowest BCUT2D eigenvalue weighted by Gasteiger charge is -2.23. The van der Waals surface area contributed by atoms with Crippen LogP contribution in [0.25, 0.3) is 0 Å². The van der Waals surface area contributed by atoms with Crippen molar-refractivity contribution in [1.29, 1.82) is 0 Å². The van der Waals surface area contributed by atoms with Gasteiger partial charge in [-0.1, -0.05) is 44.2 Å². The van der Waals surface area contributed by atoms with Gasteiger partial charge in [0.2, 0.25) is 5.91 Å². The first kappa shape index (κ1) is 17.7. The van der Waals surface area contributed by atoms with Crippen molar-refractivity contribution in [3.63, 3.8) is 0 Å². The summed E-state index contributed by atoms with van der Waals surface area (Å²) in [5.74, 6) is 0.330. The summed E-state index contributed by atoms with van der Waals surface area (Å²) in [4.78, 5) is 12.7. The number of rotatable bonds is 6. The molecule has 0 spiro atoms. The summed E-state index contributed by atoms with van der Waals surface area (Å²) in [7, 11) is 0. The summed E-state index contributed by atoms with van der Waals surface area (Å²) >= 11 is 0. The molecule has 1 aromatic carbocycles. The van der Waals surface area contributed by atoms with Gasteiger partial charge < -0.3 is 10.1 Å². The monoisotopic (exact) mass is 341 g/mol. The van der Waals surface area contributed by atoms with Crippen LogP contribution in [0.2, 0.25) is 0 Å². The zero-order valence-corrected chi connectivity index (χ0v) is 15.2. The second-order valence-electron chi connectivity index (χ2n) is 7.13. The van der Waals surface area contributed by atoms with E-state index in [0.717, 1.165) is 12.1 Å². The molecule has 0 radical (unpaired) electrons. The number of carbonyl (C=O) groups excluding carboxylic acids is 1. The van der Waals surface area contributed by atoms with Crippen molar-refractivity contribution in [1.82, 2.24) is 15.1 Å². The van der Waals surface area contributed by atoms with E-state index >= 15 is 0 Å². The minimum absolute atomic E-state index is 0.0798. The number of hydrogen-bond donors (Lipinski definition) is 1. The fraction of sp³-hybridized carbons (Fsp3) is 0.500. The Kier molecular flexibility index (Phi) is 5.53. The van der Waals surface area contributed by atoms with Gasteiger partial charge in [0.1, 0.15) is 6.10 Å². The smallest absolute Gasteiger partial charge is 0.226 e. The fourth-order valence-electron chi connectivity index (χ4n) is 3.12. The second kappa shape index (κ2) is 7.83. The molecular weight excluding hydrogens is 314 g/mol. The quantitative estimate of drug-likeness (QED) is 0.878. The number of nitrogens with one attached hydrogen (secondary N) is 1. The molecule has 1 aliphatic rings. The van der Waals surface area contributed by atoms with Crippen molar-refractivity contribution in [2.75, 3.05) is 6.61 Å². The van der Waals surface area contributed by atoms with Gasteiger partial charge in [-0.25, -0.2) is 0 Å². The number of hydrogen-bond acceptors (Lipinski definition) is 3. The molecule has 134 valence electrons. The van der Waals surface area contributed by atoms with Gasteiger partial charge in [-0.3, -0.25) is 9.48 Å². The van der Waals surface area contributed by atoms with E-state index in [1.54, 1.807) is 6.20 Å². The van der Waals surface area contributed by atoms with Crippen molar-refractivity contribution < 1.29 is 9.53 Å². The van der Waals surface area contributed by atoms with Crippen LogP contribution >= 0.6 is 0 Å². The molecular formula is C20H27N3O2. The predicted molar refractivity (Wildman–Crippen MR) is 97.0 cm³/mol. The van der Waals surface area contributed by atoms with Gasteiger partial charge in [0.25, 0.3) is 0 Å². The van der Waals surface area contributed by atoms with E-state index in [4.69, 9.17) is 4.74 Å². The minimum atomic E-state index is -0.231. The van der Waals surface area contributed by atoms with Crippen molar-refractivity contribution in [3.05, 3.63) is 53.9 Å². The molecule has 3 atom stereocenters. The van der Waals surface area contributed by atoms with Gasteiger partial charge in [0.15, 0.2) is 0 Å². The largest absolute Gasteiger partial charge is 0.371 e. The molecule has 0 bridgehead atoms. The topological polar surface area (TPSA) is 56.1 Å². The third kappa shape index (κ3) is 4.10. The molecule has 1 aliphatic heterocycles. The van der Waals surface area contributed by atoms with Crippen molar-refractivity contribution >= 4 is 5.91 Å². The van der Waals surface area contributed by atoms with Gasteiger partial charge in [-0.05, 0) is 30.9 Å². The van der Waals surface area contributed by atoms with Gasteiger partial charge >= 0.3 is 0 Å². The summed E-state index contributed by atoms with van der Waals surface area (Å²) in [6, 6.07) is 12.3. The summed E-state index contributed by atoms with van der Waals surface area (Å²) in [5, 5.41) is 7.58. The fourth-order valence-corrected chi connectivity index (χ4v) is 3.12. The SMILES string of the molecule is CC(C)C(C)NC(=O)[C@H]1CCO[C@@H]1c1ccnn1Cc1ccccc1. The third-order valence-corrected chi connectivity index (χ3v) is 5.01. The van der Waals surface area contributed by atoms with Crippen LogP contribution in [0, 0.1) is 11.8 Å². The van der Waals surface area contributed by atoms with E-state index in [0.29, 0.717) is 19.1 Å². The van der Waals surface area contributed by atoms with E-state index in [1.165, 1.54) is 5.56 Å². The molecule has 1 unspecified atom stereocenters. The van der Waals surface area contributed by atoms with Crippen molar-refractivity contribution in [2.24, 2.45) is 11.8 Å². The lowest BCUT2D eigenvalue weighted by Crippen LogP contribution is -2.41. The Hall–Kier alpha value is -2.14. The number of benzene rings is 1. The van der Waals surface area contributed by atoms with Crippen LogP contribution in [0.15, 0.2) is 42.6 Å². The first-order chi connectivity index (χ1) is 12.1. The van der Waals surface area contributed by atoms with Crippen LogP contribution in [0.3, 0.4) is 0 Å². The average Bonchev–Trinajstić information content (AvgIpc) is 3.24. The molecule has 5 nitrogen and oxygen atoms in total. The van der Waals surface area contributed by atoms with Gasteiger partial charge in [-0.15, -0.1) is 0 Å². The first-order valence-electron chi connectivity index (χ1n) is 9.04. The summed E-state index contributed by atoms with van der Waals surface area (Å²) < 4.78 is 7.87. The number of carbonyl (C=O) groups is 1. The molecule has 2 heterocycles. The molecule has 1 saturated heterocycles. The first-order valence-corrected chi connectivity index (χ1v) is 9.04. The van der Waals surface area contributed by atoms with Crippen LogP contribution in [-0.4, -0.2) is 28.3 Å².